The standard InChI is InChI=1S/C35H40FN3O2/c1-3-26(2)38(35(41)33-17-9-12-28-11-7-8-16-32(28)33)25-34(40)39(30-13-5-4-6-14-30)24-31-15-10-22-37(31)23-27-18-20-29(36)21-19-27/h7-12,15-22,26,30H,3-6,13-14,23-25H2,1-2H3. The first-order valence-electron chi connectivity index (χ1n) is 14.9. The Morgan fingerprint density at radius 3 is 2.41 bits per heavy atom. The first-order valence-corrected chi connectivity index (χ1v) is 14.9. The normalized spacial score (nSPS) is 14.6. The SMILES string of the molecule is CCC(C)N(CC(=O)N(Cc1cccn1Cc1ccc(F)cc1)C1CCCCC1)C(=O)c1cccc2ccccc12. The average molecular weight is 554 g/mol. The molecule has 0 bridgehead atoms. The summed E-state index contributed by atoms with van der Waals surface area (Å²) in [6, 6.07) is 24.4. The lowest BCUT2D eigenvalue weighted by atomic mass is 9.94. The van der Waals surface area contributed by atoms with Crippen molar-refractivity contribution >= 4 is 22.6 Å². The van der Waals surface area contributed by atoms with Gasteiger partial charge in [-0.05, 0) is 72.9 Å². The van der Waals surface area contributed by atoms with Crippen molar-refractivity contribution in [1.82, 2.24) is 14.4 Å². The average Bonchev–Trinajstić information content (AvgIpc) is 3.45. The lowest BCUT2D eigenvalue weighted by molar-refractivity contribution is -0.136. The van der Waals surface area contributed by atoms with E-state index in [1.54, 1.807) is 17.0 Å². The van der Waals surface area contributed by atoms with Crippen molar-refractivity contribution in [1.29, 1.82) is 0 Å². The summed E-state index contributed by atoms with van der Waals surface area (Å²) in [6.45, 7) is 5.21. The maximum atomic E-state index is 14.2. The molecule has 1 fully saturated rings. The van der Waals surface area contributed by atoms with Crippen LogP contribution in [0.4, 0.5) is 4.39 Å². The monoisotopic (exact) mass is 553 g/mol. The molecule has 0 aliphatic heterocycles. The van der Waals surface area contributed by atoms with Crippen LogP contribution >= 0.6 is 0 Å². The second kappa shape index (κ2) is 13.2. The number of carbonyl (C=O) groups is 2. The van der Waals surface area contributed by atoms with Crippen LogP contribution < -0.4 is 0 Å². The summed E-state index contributed by atoms with van der Waals surface area (Å²) < 4.78 is 15.6. The Hall–Kier alpha value is -3.93. The second-order valence-electron chi connectivity index (χ2n) is 11.3. The summed E-state index contributed by atoms with van der Waals surface area (Å²) in [5, 5.41) is 1.92. The van der Waals surface area contributed by atoms with Gasteiger partial charge >= 0.3 is 0 Å². The van der Waals surface area contributed by atoms with E-state index in [9.17, 15) is 14.0 Å². The molecule has 4 aromatic rings. The van der Waals surface area contributed by atoms with E-state index in [1.807, 2.05) is 66.6 Å². The molecule has 0 saturated heterocycles. The van der Waals surface area contributed by atoms with Crippen LogP contribution in [0.25, 0.3) is 10.8 Å². The highest BCUT2D eigenvalue weighted by Crippen LogP contribution is 2.26. The second-order valence-corrected chi connectivity index (χ2v) is 11.3. The molecule has 6 heteroatoms. The van der Waals surface area contributed by atoms with Crippen molar-refractivity contribution < 1.29 is 14.0 Å². The molecular formula is C35H40FN3O2. The topological polar surface area (TPSA) is 45.6 Å². The van der Waals surface area contributed by atoms with E-state index < -0.39 is 0 Å². The van der Waals surface area contributed by atoms with Crippen molar-refractivity contribution in [2.75, 3.05) is 6.54 Å². The minimum Gasteiger partial charge on any atom is -0.345 e. The zero-order chi connectivity index (χ0) is 28.8. The van der Waals surface area contributed by atoms with Gasteiger partial charge in [0.2, 0.25) is 5.91 Å². The number of hydrogen-bond donors (Lipinski definition) is 0. The summed E-state index contributed by atoms with van der Waals surface area (Å²) in [5.41, 5.74) is 2.67. The molecule has 0 N–H and O–H groups in total. The Kier molecular flexibility index (Phi) is 9.17. The molecule has 2 amide bonds. The number of carbonyl (C=O) groups excluding carboxylic acids is 2. The molecule has 1 saturated carbocycles. The Balaban J connectivity index is 1.41. The fraction of sp³-hybridized carbons (Fsp3) is 0.371. The third-order valence-corrected chi connectivity index (χ3v) is 8.57. The predicted octanol–water partition coefficient (Wildman–Crippen LogP) is 7.43. The third kappa shape index (κ3) is 6.70. The predicted molar refractivity (Wildman–Crippen MR) is 162 cm³/mol. The van der Waals surface area contributed by atoms with Crippen LogP contribution in [0.5, 0.6) is 0 Å². The lowest BCUT2D eigenvalue weighted by Crippen LogP contribution is -2.49. The van der Waals surface area contributed by atoms with Gasteiger partial charge < -0.3 is 14.4 Å². The van der Waals surface area contributed by atoms with Crippen molar-refractivity contribution in [3.8, 4) is 0 Å². The molecule has 5 nitrogen and oxygen atoms in total. The van der Waals surface area contributed by atoms with Crippen molar-refractivity contribution in [3.63, 3.8) is 0 Å². The third-order valence-electron chi connectivity index (χ3n) is 8.57. The van der Waals surface area contributed by atoms with E-state index in [4.69, 9.17) is 0 Å². The molecule has 1 aromatic heterocycles. The number of halogens is 1. The van der Waals surface area contributed by atoms with Gasteiger partial charge in [0.25, 0.3) is 5.91 Å². The lowest BCUT2D eigenvalue weighted by Gasteiger charge is -2.37. The van der Waals surface area contributed by atoms with Crippen LogP contribution in [0, 0.1) is 5.82 Å². The van der Waals surface area contributed by atoms with Crippen LogP contribution in [0.3, 0.4) is 0 Å². The molecule has 5 rings (SSSR count). The largest absolute Gasteiger partial charge is 0.345 e. The number of hydrogen-bond acceptors (Lipinski definition) is 2. The van der Waals surface area contributed by atoms with Gasteiger partial charge in [0.05, 0.1) is 6.54 Å². The van der Waals surface area contributed by atoms with E-state index in [1.165, 1.54) is 18.6 Å². The van der Waals surface area contributed by atoms with Gasteiger partial charge in [-0.2, -0.15) is 0 Å². The van der Waals surface area contributed by atoms with Gasteiger partial charge in [-0.25, -0.2) is 4.39 Å². The summed E-state index contributed by atoms with van der Waals surface area (Å²) in [6.07, 6.45) is 8.13. The molecule has 1 atom stereocenters. The van der Waals surface area contributed by atoms with Crippen molar-refractivity contribution in [2.45, 2.75) is 77.5 Å². The van der Waals surface area contributed by atoms with Crippen LogP contribution in [0.2, 0.25) is 0 Å². The number of benzene rings is 3. The Labute approximate surface area is 242 Å². The Morgan fingerprint density at radius 2 is 1.66 bits per heavy atom. The fourth-order valence-corrected chi connectivity index (χ4v) is 5.97. The summed E-state index contributed by atoms with van der Waals surface area (Å²) >= 11 is 0. The molecule has 1 aliphatic carbocycles. The molecule has 0 spiro atoms. The number of nitrogens with zero attached hydrogens (tertiary/aromatic N) is 3. The van der Waals surface area contributed by atoms with E-state index in [-0.39, 0.29) is 36.3 Å². The van der Waals surface area contributed by atoms with Gasteiger partial charge in [-0.1, -0.05) is 74.7 Å². The van der Waals surface area contributed by atoms with Gasteiger partial charge in [-0.3, -0.25) is 9.59 Å². The van der Waals surface area contributed by atoms with Gasteiger partial charge in [0, 0.05) is 36.1 Å². The quantitative estimate of drug-likeness (QED) is 0.205. The van der Waals surface area contributed by atoms with Crippen LogP contribution in [0.15, 0.2) is 85.1 Å². The number of amides is 2. The highest BCUT2D eigenvalue weighted by molar-refractivity contribution is 6.07. The number of aromatic nitrogens is 1. The zero-order valence-corrected chi connectivity index (χ0v) is 24.1. The van der Waals surface area contributed by atoms with Crippen LogP contribution in [-0.2, 0) is 17.9 Å². The summed E-state index contributed by atoms with van der Waals surface area (Å²) in [4.78, 5) is 32.0. The first-order chi connectivity index (χ1) is 19.9. The van der Waals surface area contributed by atoms with E-state index in [0.29, 0.717) is 18.7 Å². The Morgan fingerprint density at radius 1 is 0.927 bits per heavy atom. The number of rotatable bonds is 10. The fourth-order valence-electron chi connectivity index (χ4n) is 5.97. The minimum atomic E-state index is -0.251. The van der Waals surface area contributed by atoms with Gasteiger partial charge in [0.15, 0.2) is 0 Å². The first kappa shape index (κ1) is 28.6. The summed E-state index contributed by atoms with van der Waals surface area (Å²) in [5.74, 6) is -0.368. The zero-order valence-electron chi connectivity index (χ0n) is 24.1. The van der Waals surface area contributed by atoms with E-state index in [2.05, 4.69) is 17.6 Å². The molecule has 41 heavy (non-hydrogen) atoms. The highest BCUT2D eigenvalue weighted by atomic mass is 19.1. The summed E-state index contributed by atoms with van der Waals surface area (Å²) in [7, 11) is 0. The molecule has 3 aromatic carbocycles. The van der Waals surface area contributed by atoms with Gasteiger partial charge in [0.1, 0.15) is 12.4 Å². The maximum Gasteiger partial charge on any atom is 0.255 e. The van der Waals surface area contributed by atoms with E-state index >= 15 is 0 Å². The maximum absolute atomic E-state index is 14.2. The van der Waals surface area contributed by atoms with Crippen LogP contribution in [-0.4, -0.2) is 44.8 Å². The van der Waals surface area contributed by atoms with Crippen molar-refractivity contribution in [2.24, 2.45) is 0 Å². The molecule has 1 unspecified atom stereocenters. The van der Waals surface area contributed by atoms with Crippen molar-refractivity contribution in [3.05, 3.63) is 108 Å². The Bertz CT molecular complexity index is 1470. The van der Waals surface area contributed by atoms with Crippen LogP contribution in [0.1, 0.15) is 74.0 Å². The minimum absolute atomic E-state index is 0.0136. The van der Waals surface area contributed by atoms with Gasteiger partial charge in [-0.15, -0.1) is 0 Å². The molecule has 214 valence electrons. The van der Waals surface area contributed by atoms with E-state index in [0.717, 1.165) is 54.1 Å². The smallest absolute Gasteiger partial charge is 0.255 e. The molecular weight excluding hydrogens is 513 g/mol. The molecule has 1 heterocycles. The molecule has 0 radical (unpaired) electrons. The molecule has 1 aliphatic rings. The number of fused-ring (bicyclic) bond motifs is 1. The highest BCUT2D eigenvalue weighted by Gasteiger charge is 2.31.